The van der Waals surface area contributed by atoms with Gasteiger partial charge in [-0.25, -0.2) is 0 Å². The number of benzene rings is 2. The highest BCUT2D eigenvalue weighted by Crippen LogP contribution is 2.29. The molecule has 1 N–H and O–H groups in total. The predicted octanol–water partition coefficient (Wildman–Crippen LogP) is 3.92. The molecular formula is C23H24BrN3O4. The van der Waals surface area contributed by atoms with Crippen LogP contribution >= 0.6 is 15.9 Å². The summed E-state index contributed by atoms with van der Waals surface area (Å²) in [6, 6.07) is 17.2. The molecule has 1 aliphatic rings. The minimum atomic E-state index is -0.278. The first-order chi connectivity index (χ1) is 15.2. The molecule has 0 bridgehead atoms. The number of para-hydroxylation sites is 1. The van der Waals surface area contributed by atoms with Crippen LogP contribution in [0.1, 0.15) is 22.1 Å². The van der Waals surface area contributed by atoms with Crippen LogP contribution in [-0.4, -0.2) is 55.9 Å². The quantitative estimate of drug-likeness (QED) is 0.546. The average Bonchev–Trinajstić information content (AvgIpc) is 3.31. The lowest BCUT2D eigenvalue weighted by Crippen LogP contribution is -2.44. The van der Waals surface area contributed by atoms with Crippen molar-refractivity contribution in [2.75, 3.05) is 40.0 Å². The van der Waals surface area contributed by atoms with Gasteiger partial charge < -0.3 is 19.3 Å². The van der Waals surface area contributed by atoms with Crippen LogP contribution in [0, 0.1) is 0 Å². The number of carbonyl (C=O) groups excluding carboxylic acids is 1. The Labute approximate surface area is 189 Å². The topological polar surface area (TPSA) is 76.8 Å². The molecule has 31 heavy (non-hydrogen) atoms. The van der Waals surface area contributed by atoms with E-state index in [1.807, 2.05) is 48.5 Å². The summed E-state index contributed by atoms with van der Waals surface area (Å²) in [6.45, 7) is 3.32. The lowest BCUT2D eigenvalue weighted by Gasteiger charge is -2.35. The van der Waals surface area contributed by atoms with Gasteiger partial charge in [0, 0.05) is 41.3 Å². The lowest BCUT2D eigenvalue weighted by atomic mass is 10.0. The third-order valence-corrected chi connectivity index (χ3v) is 5.84. The van der Waals surface area contributed by atoms with Crippen LogP contribution in [0.2, 0.25) is 0 Å². The van der Waals surface area contributed by atoms with Crippen LogP contribution in [0.25, 0.3) is 11.3 Å². The molecule has 1 fully saturated rings. The minimum absolute atomic E-state index is 0.0400. The molecule has 0 spiro atoms. The van der Waals surface area contributed by atoms with Crippen molar-refractivity contribution in [1.29, 1.82) is 0 Å². The number of methoxy groups -OCH3 is 1. The fourth-order valence-corrected chi connectivity index (χ4v) is 3.94. The molecule has 162 valence electrons. The zero-order valence-electron chi connectivity index (χ0n) is 17.2. The largest absolute Gasteiger partial charge is 0.496 e. The lowest BCUT2D eigenvalue weighted by molar-refractivity contribution is 0.0157. The maximum atomic E-state index is 12.8. The standard InChI is InChI=1S/C23H24BrN3O4/c1-29-21-5-3-2-4-18(21)20(27-10-12-30-13-11-27)15-25-23(28)19-14-22(31-26-19)16-6-8-17(24)9-7-16/h2-9,14,20H,10-13,15H2,1H3,(H,25,28)/t20-/m0/s1. The van der Waals surface area contributed by atoms with E-state index >= 15 is 0 Å². The number of hydrogen-bond acceptors (Lipinski definition) is 6. The summed E-state index contributed by atoms with van der Waals surface area (Å²) in [4.78, 5) is 15.1. The van der Waals surface area contributed by atoms with Crippen molar-refractivity contribution in [3.63, 3.8) is 0 Å². The van der Waals surface area contributed by atoms with Gasteiger partial charge in [0.25, 0.3) is 5.91 Å². The number of morpholine rings is 1. The van der Waals surface area contributed by atoms with Crippen molar-refractivity contribution in [2.45, 2.75) is 6.04 Å². The molecule has 1 amide bonds. The summed E-state index contributed by atoms with van der Waals surface area (Å²) in [6.07, 6.45) is 0. The first-order valence-corrected chi connectivity index (χ1v) is 10.9. The van der Waals surface area contributed by atoms with Crippen molar-refractivity contribution in [3.05, 3.63) is 70.3 Å². The first kappa shape index (κ1) is 21.5. The number of aromatic nitrogens is 1. The monoisotopic (exact) mass is 485 g/mol. The Morgan fingerprint density at radius 1 is 1.19 bits per heavy atom. The van der Waals surface area contributed by atoms with E-state index in [2.05, 4.69) is 31.3 Å². The van der Waals surface area contributed by atoms with E-state index in [-0.39, 0.29) is 17.6 Å². The summed E-state index contributed by atoms with van der Waals surface area (Å²) < 4.78 is 17.4. The van der Waals surface area contributed by atoms with Gasteiger partial charge in [0.05, 0.1) is 26.4 Å². The Morgan fingerprint density at radius 2 is 1.94 bits per heavy atom. The normalized spacial score (nSPS) is 15.4. The fourth-order valence-electron chi connectivity index (χ4n) is 3.68. The molecule has 0 saturated carbocycles. The third kappa shape index (κ3) is 5.15. The Balaban J connectivity index is 1.49. The zero-order chi connectivity index (χ0) is 21.6. The van der Waals surface area contributed by atoms with Gasteiger partial charge in [-0.3, -0.25) is 9.69 Å². The third-order valence-electron chi connectivity index (χ3n) is 5.31. The molecule has 2 heterocycles. The molecule has 0 aliphatic carbocycles. The zero-order valence-corrected chi connectivity index (χ0v) is 18.8. The highest BCUT2D eigenvalue weighted by molar-refractivity contribution is 9.10. The van der Waals surface area contributed by atoms with Gasteiger partial charge in [0.1, 0.15) is 5.75 Å². The summed E-state index contributed by atoms with van der Waals surface area (Å²) in [5, 5.41) is 6.97. The minimum Gasteiger partial charge on any atom is -0.496 e. The second-order valence-corrected chi connectivity index (χ2v) is 8.12. The Morgan fingerprint density at radius 3 is 2.68 bits per heavy atom. The van der Waals surface area contributed by atoms with Crippen molar-refractivity contribution >= 4 is 21.8 Å². The van der Waals surface area contributed by atoms with Crippen LogP contribution in [0.3, 0.4) is 0 Å². The van der Waals surface area contributed by atoms with Crippen LogP contribution in [-0.2, 0) is 4.74 Å². The van der Waals surface area contributed by atoms with Gasteiger partial charge in [-0.1, -0.05) is 51.4 Å². The van der Waals surface area contributed by atoms with E-state index in [1.165, 1.54) is 0 Å². The molecule has 2 aromatic carbocycles. The molecule has 3 aromatic rings. The number of halogens is 1. The van der Waals surface area contributed by atoms with Crippen molar-refractivity contribution in [3.8, 4) is 17.1 Å². The van der Waals surface area contributed by atoms with E-state index in [0.717, 1.165) is 34.4 Å². The molecule has 1 aliphatic heterocycles. The van der Waals surface area contributed by atoms with Crippen LogP contribution in [0.4, 0.5) is 0 Å². The summed E-state index contributed by atoms with van der Waals surface area (Å²) in [5.74, 6) is 1.07. The van der Waals surface area contributed by atoms with Crippen LogP contribution in [0.5, 0.6) is 5.75 Å². The van der Waals surface area contributed by atoms with E-state index in [9.17, 15) is 4.79 Å². The molecule has 8 heteroatoms. The van der Waals surface area contributed by atoms with Gasteiger partial charge in [-0.05, 0) is 18.2 Å². The van der Waals surface area contributed by atoms with Crippen molar-refractivity contribution in [2.24, 2.45) is 0 Å². The number of nitrogens with zero attached hydrogens (tertiary/aromatic N) is 2. The Kier molecular flexibility index (Phi) is 7.01. The molecule has 4 rings (SSSR count). The van der Waals surface area contributed by atoms with Gasteiger partial charge in [-0.15, -0.1) is 0 Å². The highest BCUT2D eigenvalue weighted by atomic mass is 79.9. The smallest absolute Gasteiger partial charge is 0.273 e. The number of hydrogen-bond donors (Lipinski definition) is 1. The van der Waals surface area contributed by atoms with Crippen molar-refractivity contribution in [1.82, 2.24) is 15.4 Å². The van der Waals surface area contributed by atoms with Crippen molar-refractivity contribution < 1.29 is 18.8 Å². The van der Waals surface area contributed by atoms with Crippen LogP contribution < -0.4 is 10.1 Å². The van der Waals surface area contributed by atoms with E-state index in [1.54, 1.807) is 13.2 Å². The number of carbonyl (C=O) groups is 1. The van der Waals surface area contributed by atoms with E-state index in [0.29, 0.717) is 25.5 Å². The number of ether oxygens (including phenoxy) is 2. The summed E-state index contributed by atoms with van der Waals surface area (Å²) >= 11 is 3.41. The van der Waals surface area contributed by atoms with E-state index in [4.69, 9.17) is 14.0 Å². The number of amides is 1. The highest BCUT2D eigenvalue weighted by Gasteiger charge is 2.26. The number of rotatable bonds is 7. The summed E-state index contributed by atoms with van der Waals surface area (Å²) in [5.41, 5.74) is 2.14. The molecule has 1 aromatic heterocycles. The SMILES string of the molecule is COc1ccccc1[C@H](CNC(=O)c1cc(-c2ccc(Br)cc2)on1)N1CCOCC1. The summed E-state index contributed by atoms with van der Waals surface area (Å²) in [7, 11) is 1.66. The maximum Gasteiger partial charge on any atom is 0.273 e. The molecule has 1 atom stereocenters. The molecule has 1 saturated heterocycles. The number of nitrogens with one attached hydrogen (secondary N) is 1. The molecule has 0 unspecified atom stereocenters. The predicted molar refractivity (Wildman–Crippen MR) is 120 cm³/mol. The van der Waals surface area contributed by atoms with Crippen LogP contribution in [0.15, 0.2) is 63.6 Å². The molecule has 0 radical (unpaired) electrons. The second-order valence-electron chi connectivity index (χ2n) is 7.20. The van der Waals surface area contributed by atoms with Gasteiger partial charge in [-0.2, -0.15) is 0 Å². The van der Waals surface area contributed by atoms with Gasteiger partial charge in [0.2, 0.25) is 0 Å². The van der Waals surface area contributed by atoms with Gasteiger partial charge >= 0.3 is 0 Å². The second kappa shape index (κ2) is 10.1. The van der Waals surface area contributed by atoms with E-state index < -0.39 is 0 Å². The fraction of sp³-hybridized carbons (Fsp3) is 0.304. The average molecular weight is 486 g/mol. The molecule has 7 nitrogen and oxygen atoms in total. The Bertz CT molecular complexity index is 1020. The maximum absolute atomic E-state index is 12.8. The first-order valence-electron chi connectivity index (χ1n) is 10.1. The molecular weight excluding hydrogens is 462 g/mol. The van der Waals surface area contributed by atoms with Gasteiger partial charge in [0.15, 0.2) is 11.5 Å². The Hall–Kier alpha value is -2.68.